The van der Waals surface area contributed by atoms with Crippen molar-refractivity contribution in [2.75, 3.05) is 53.0 Å². The van der Waals surface area contributed by atoms with Crippen LogP contribution in [0.3, 0.4) is 0 Å². The van der Waals surface area contributed by atoms with Crippen LogP contribution in [-0.4, -0.2) is 81.0 Å². The van der Waals surface area contributed by atoms with E-state index in [0.29, 0.717) is 13.2 Å². The average Bonchev–Trinajstić information content (AvgIpc) is 2.48. The van der Waals surface area contributed by atoms with Gasteiger partial charge in [0.25, 0.3) is 0 Å². The minimum absolute atomic E-state index is 0.00534. The lowest BCUT2D eigenvalue weighted by molar-refractivity contribution is -0.0820. The van der Waals surface area contributed by atoms with Crippen LogP contribution in [0.4, 0.5) is 4.79 Å². The molecule has 1 N–H and O–H groups in total. The first-order valence-electron chi connectivity index (χ1n) is 8.65. The summed E-state index contributed by atoms with van der Waals surface area (Å²) in [6, 6.07) is 0.137. The van der Waals surface area contributed by atoms with Gasteiger partial charge in [-0.25, -0.2) is 4.79 Å². The molecule has 3 fully saturated rings. The molecule has 2 amide bonds. The largest absolute Gasteiger partial charge is 0.379 e. The van der Waals surface area contributed by atoms with Crippen molar-refractivity contribution in [2.24, 2.45) is 5.92 Å². The molecular formula is C16H29N3O3. The fraction of sp³-hybridized carbons (Fsp3) is 0.938. The molecule has 2 atom stereocenters. The summed E-state index contributed by atoms with van der Waals surface area (Å²) in [5.41, 5.74) is 0. The third kappa shape index (κ3) is 4.12. The van der Waals surface area contributed by atoms with Gasteiger partial charge in [0.1, 0.15) is 6.10 Å². The highest BCUT2D eigenvalue weighted by Gasteiger charge is 2.31. The third-order valence-electron chi connectivity index (χ3n) is 5.17. The van der Waals surface area contributed by atoms with Gasteiger partial charge in [0.15, 0.2) is 0 Å². The van der Waals surface area contributed by atoms with Crippen LogP contribution >= 0.6 is 0 Å². The van der Waals surface area contributed by atoms with Gasteiger partial charge in [-0.1, -0.05) is 6.42 Å². The van der Waals surface area contributed by atoms with Crippen LogP contribution in [0.25, 0.3) is 0 Å². The predicted octanol–water partition coefficient (Wildman–Crippen LogP) is 0.918. The topological polar surface area (TPSA) is 54.0 Å². The monoisotopic (exact) mass is 311 g/mol. The fourth-order valence-corrected chi connectivity index (χ4v) is 3.22. The first-order chi connectivity index (χ1) is 10.7. The minimum Gasteiger partial charge on any atom is -0.379 e. The fourth-order valence-electron chi connectivity index (χ4n) is 3.22. The maximum absolute atomic E-state index is 12.4. The van der Waals surface area contributed by atoms with E-state index in [1.54, 1.807) is 0 Å². The predicted molar refractivity (Wildman–Crippen MR) is 83.9 cm³/mol. The number of nitrogens with zero attached hydrogens (tertiary/aromatic N) is 2. The van der Waals surface area contributed by atoms with Crippen LogP contribution in [0.1, 0.15) is 25.7 Å². The number of carbonyl (C=O) groups is 1. The van der Waals surface area contributed by atoms with E-state index in [0.717, 1.165) is 45.1 Å². The molecule has 1 aliphatic carbocycles. The third-order valence-corrected chi connectivity index (χ3v) is 5.17. The van der Waals surface area contributed by atoms with Gasteiger partial charge in [0.05, 0.1) is 12.6 Å². The Labute approximate surface area is 133 Å². The van der Waals surface area contributed by atoms with E-state index in [-0.39, 0.29) is 18.2 Å². The van der Waals surface area contributed by atoms with Crippen molar-refractivity contribution in [2.45, 2.75) is 37.8 Å². The summed E-state index contributed by atoms with van der Waals surface area (Å²) in [5.74, 6) is 0.718. The lowest BCUT2D eigenvalue weighted by Crippen LogP contribution is -2.56. The SMILES string of the molecule is CN1CCN(C(=O)N[C@@H]2CCOC[C@H]2OCC2CCC2)CC1. The van der Waals surface area contributed by atoms with Gasteiger partial charge in [0, 0.05) is 39.4 Å². The molecule has 2 saturated heterocycles. The number of urea groups is 1. The number of hydrogen-bond acceptors (Lipinski definition) is 4. The van der Waals surface area contributed by atoms with Gasteiger partial charge in [0.2, 0.25) is 0 Å². The standard InChI is InChI=1S/C16H29N3O3/c1-18-6-8-19(9-7-18)16(20)17-14-5-10-21-12-15(14)22-11-13-3-2-4-13/h13-15H,2-12H2,1H3,(H,17,20)/t14-,15-/m1/s1. The van der Waals surface area contributed by atoms with Crippen molar-refractivity contribution in [1.82, 2.24) is 15.1 Å². The lowest BCUT2D eigenvalue weighted by Gasteiger charge is -2.37. The van der Waals surface area contributed by atoms with Gasteiger partial charge in [-0.05, 0) is 32.2 Å². The molecule has 6 nitrogen and oxygen atoms in total. The van der Waals surface area contributed by atoms with Crippen LogP contribution in [0.5, 0.6) is 0 Å². The van der Waals surface area contributed by atoms with Crippen molar-refractivity contribution in [3.05, 3.63) is 0 Å². The summed E-state index contributed by atoms with van der Waals surface area (Å²) in [4.78, 5) is 16.6. The number of piperazine rings is 1. The Bertz CT molecular complexity index is 368. The summed E-state index contributed by atoms with van der Waals surface area (Å²) in [5, 5.41) is 3.18. The van der Waals surface area contributed by atoms with Crippen molar-refractivity contribution < 1.29 is 14.3 Å². The van der Waals surface area contributed by atoms with Crippen LogP contribution < -0.4 is 5.32 Å². The Kier molecular flexibility index (Phi) is 5.55. The van der Waals surface area contributed by atoms with E-state index in [2.05, 4.69) is 17.3 Å². The Morgan fingerprint density at radius 1 is 1.23 bits per heavy atom. The molecule has 2 heterocycles. The Morgan fingerprint density at radius 3 is 2.68 bits per heavy atom. The Morgan fingerprint density at radius 2 is 2.00 bits per heavy atom. The van der Waals surface area contributed by atoms with Crippen molar-refractivity contribution in [3.63, 3.8) is 0 Å². The zero-order valence-electron chi connectivity index (χ0n) is 13.6. The van der Waals surface area contributed by atoms with Crippen LogP contribution in [0.15, 0.2) is 0 Å². The number of ether oxygens (including phenoxy) is 2. The van der Waals surface area contributed by atoms with Crippen molar-refractivity contribution in [3.8, 4) is 0 Å². The molecule has 0 aromatic heterocycles. The normalized spacial score (nSPS) is 30.9. The molecule has 6 heteroatoms. The second kappa shape index (κ2) is 7.62. The second-order valence-corrected chi connectivity index (χ2v) is 6.88. The van der Waals surface area contributed by atoms with Crippen LogP contribution in [-0.2, 0) is 9.47 Å². The highest BCUT2D eigenvalue weighted by atomic mass is 16.5. The molecular weight excluding hydrogens is 282 g/mol. The number of nitrogens with one attached hydrogen (secondary N) is 1. The lowest BCUT2D eigenvalue weighted by atomic mass is 9.86. The molecule has 3 rings (SSSR count). The number of carbonyl (C=O) groups excluding carboxylic acids is 1. The summed E-state index contributed by atoms with van der Waals surface area (Å²) < 4.78 is 11.6. The molecule has 0 unspecified atom stereocenters. The summed E-state index contributed by atoms with van der Waals surface area (Å²) in [6.45, 7) is 5.62. The van der Waals surface area contributed by atoms with Gasteiger partial charge in [-0.3, -0.25) is 0 Å². The van der Waals surface area contributed by atoms with Gasteiger partial charge in [-0.15, -0.1) is 0 Å². The second-order valence-electron chi connectivity index (χ2n) is 6.88. The van der Waals surface area contributed by atoms with E-state index >= 15 is 0 Å². The zero-order valence-corrected chi connectivity index (χ0v) is 13.6. The van der Waals surface area contributed by atoms with E-state index < -0.39 is 0 Å². The smallest absolute Gasteiger partial charge is 0.317 e. The Balaban J connectivity index is 1.46. The number of hydrogen-bond donors (Lipinski definition) is 1. The van der Waals surface area contributed by atoms with Crippen molar-refractivity contribution >= 4 is 6.03 Å². The van der Waals surface area contributed by atoms with E-state index in [1.807, 2.05) is 4.90 Å². The van der Waals surface area contributed by atoms with Crippen molar-refractivity contribution in [1.29, 1.82) is 0 Å². The van der Waals surface area contributed by atoms with Gasteiger partial charge in [-0.2, -0.15) is 0 Å². The molecule has 3 aliphatic rings. The van der Waals surface area contributed by atoms with Gasteiger partial charge >= 0.3 is 6.03 Å². The molecule has 2 aliphatic heterocycles. The number of rotatable bonds is 4. The van der Waals surface area contributed by atoms with Crippen LogP contribution in [0, 0.1) is 5.92 Å². The van der Waals surface area contributed by atoms with Gasteiger partial charge < -0.3 is 24.6 Å². The zero-order chi connectivity index (χ0) is 15.4. The molecule has 126 valence electrons. The first-order valence-corrected chi connectivity index (χ1v) is 8.65. The molecule has 1 saturated carbocycles. The first kappa shape index (κ1) is 16.0. The summed E-state index contributed by atoms with van der Waals surface area (Å²) in [7, 11) is 2.10. The maximum Gasteiger partial charge on any atom is 0.317 e. The van der Waals surface area contributed by atoms with E-state index in [1.165, 1.54) is 19.3 Å². The molecule has 0 radical (unpaired) electrons. The molecule has 0 spiro atoms. The van der Waals surface area contributed by atoms with E-state index in [9.17, 15) is 4.79 Å². The quantitative estimate of drug-likeness (QED) is 0.839. The maximum atomic E-state index is 12.4. The number of likely N-dealkylation sites (N-methyl/N-ethyl adjacent to an activating group) is 1. The van der Waals surface area contributed by atoms with Crippen LogP contribution in [0.2, 0.25) is 0 Å². The number of amides is 2. The van der Waals surface area contributed by atoms with E-state index in [4.69, 9.17) is 9.47 Å². The highest BCUT2D eigenvalue weighted by molar-refractivity contribution is 5.74. The Hall–Kier alpha value is -0.850. The average molecular weight is 311 g/mol. The molecule has 0 bridgehead atoms. The molecule has 0 aromatic rings. The summed E-state index contributed by atoms with van der Waals surface area (Å²) in [6.07, 6.45) is 4.75. The highest BCUT2D eigenvalue weighted by Crippen LogP contribution is 2.27. The molecule has 22 heavy (non-hydrogen) atoms. The minimum atomic E-state index is 0.00534. The molecule has 0 aromatic carbocycles. The summed E-state index contributed by atoms with van der Waals surface area (Å²) >= 11 is 0.